The molecular weight excluding hydrogens is 384 g/mol. The Hall–Kier alpha value is -2.33. The molecule has 0 bridgehead atoms. The summed E-state index contributed by atoms with van der Waals surface area (Å²) < 4.78 is 6.12. The molecule has 4 heteroatoms. The molecule has 4 nitrogen and oxygen atoms in total. The van der Waals surface area contributed by atoms with E-state index in [1.165, 1.54) is 24.8 Å². The van der Waals surface area contributed by atoms with E-state index in [4.69, 9.17) is 4.74 Å². The van der Waals surface area contributed by atoms with Gasteiger partial charge in [-0.2, -0.15) is 0 Å². The van der Waals surface area contributed by atoms with Crippen LogP contribution >= 0.6 is 0 Å². The standard InChI is InChI=1S/C27H36N2O2/c1-22-9-3-5-12-24(22)26(30)29-17-15-27(16-18-29)14-8-7-11-23-10-4-6-13-25(23)31-20-19-28(2)21-27/h3-6,9-10,12-13H,7-8,11,14-21H2,1-2H3. The van der Waals surface area contributed by atoms with Gasteiger partial charge in [-0.25, -0.2) is 0 Å². The van der Waals surface area contributed by atoms with Crippen LogP contribution in [0.4, 0.5) is 0 Å². The maximum atomic E-state index is 13.1. The highest BCUT2D eigenvalue weighted by atomic mass is 16.5. The van der Waals surface area contributed by atoms with Gasteiger partial charge in [-0.3, -0.25) is 4.79 Å². The van der Waals surface area contributed by atoms with Crippen LogP contribution in [0.1, 0.15) is 53.6 Å². The molecule has 166 valence electrons. The first-order valence-electron chi connectivity index (χ1n) is 11.8. The third-order valence-corrected chi connectivity index (χ3v) is 7.20. The van der Waals surface area contributed by atoms with Crippen LogP contribution in [0.25, 0.3) is 0 Å². The van der Waals surface area contributed by atoms with E-state index < -0.39 is 0 Å². The van der Waals surface area contributed by atoms with E-state index in [2.05, 4.69) is 41.1 Å². The van der Waals surface area contributed by atoms with Gasteiger partial charge in [0, 0.05) is 31.7 Å². The summed E-state index contributed by atoms with van der Waals surface area (Å²) in [5.74, 6) is 1.24. The molecule has 0 unspecified atom stereocenters. The largest absolute Gasteiger partial charge is 0.492 e. The second-order valence-electron chi connectivity index (χ2n) is 9.51. The third-order valence-electron chi connectivity index (χ3n) is 7.20. The van der Waals surface area contributed by atoms with Gasteiger partial charge in [0.2, 0.25) is 0 Å². The van der Waals surface area contributed by atoms with Gasteiger partial charge in [-0.05, 0) is 74.8 Å². The number of para-hydroxylation sites is 1. The SMILES string of the molecule is Cc1ccccc1C(=O)N1CCC2(CCCCc3ccccc3OCCN(C)C2)CC1. The number of hydrogen-bond donors (Lipinski definition) is 0. The van der Waals surface area contributed by atoms with Gasteiger partial charge in [0.1, 0.15) is 12.4 Å². The summed E-state index contributed by atoms with van der Waals surface area (Å²) >= 11 is 0. The predicted molar refractivity (Wildman–Crippen MR) is 126 cm³/mol. The lowest BCUT2D eigenvalue weighted by molar-refractivity contribution is 0.0424. The third kappa shape index (κ3) is 5.30. The van der Waals surface area contributed by atoms with E-state index in [0.29, 0.717) is 5.41 Å². The Bertz CT molecular complexity index is 886. The Labute approximate surface area is 187 Å². The molecule has 1 saturated heterocycles. The van der Waals surface area contributed by atoms with Crippen molar-refractivity contribution >= 4 is 5.91 Å². The minimum Gasteiger partial charge on any atom is -0.492 e. The highest BCUT2D eigenvalue weighted by Gasteiger charge is 2.36. The number of piperidine rings is 1. The van der Waals surface area contributed by atoms with Crippen molar-refractivity contribution in [2.45, 2.75) is 45.4 Å². The average Bonchev–Trinajstić information content (AvgIpc) is 2.77. The van der Waals surface area contributed by atoms with Crippen LogP contribution in [0, 0.1) is 12.3 Å². The van der Waals surface area contributed by atoms with Crippen LogP contribution in [0.3, 0.4) is 0 Å². The molecule has 31 heavy (non-hydrogen) atoms. The van der Waals surface area contributed by atoms with Crippen LogP contribution in [0.2, 0.25) is 0 Å². The average molecular weight is 421 g/mol. The lowest BCUT2D eigenvalue weighted by Crippen LogP contribution is -2.48. The number of carbonyl (C=O) groups excluding carboxylic acids is 1. The number of benzene rings is 2. The van der Waals surface area contributed by atoms with Crippen LogP contribution in [-0.2, 0) is 6.42 Å². The molecule has 2 heterocycles. The first-order chi connectivity index (χ1) is 15.1. The molecule has 0 aliphatic carbocycles. The second-order valence-corrected chi connectivity index (χ2v) is 9.51. The fourth-order valence-electron chi connectivity index (χ4n) is 5.28. The van der Waals surface area contributed by atoms with Crippen LogP contribution in [-0.4, -0.2) is 55.5 Å². The fourth-order valence-corrected chi connectivity index (χ4v) is 5.28. The van der Waals surface area contributed by atoms with Crippen molar-refractivity contribution in [2.24, 2.45) is 5.41 Å². The van der Waals surface area contributed by atoms with Crippen LogP contribution in [0.15, 0.2) is 48.5 Å². The number of likely N-dealkylation sites (N-methyl/N-ethyl adjacent to an activating group) is 1. The number of ether oxygens (including phenoxy) is 1. The molecule has 0 radical (unpaired) electrons. The molecule has 0 saturated carbocycles. The molecule has 2 aliphatic rings. The number of carbonyl (C=O) groups is 1. The van der Waals surface area contributed by atoms with Gasteiger partial charge >= 0.3 is 0 Å². The molecule has 2 aromatic carbocycles. The van der Waals surface area contributed by atoms with Crippen molar-refractivity contribution in [2.75, 3.05) is 39.8 Å². The van der Waals surface area contributed by atoms with Gasteiger partial charge in [-0.15, -0.1) is 0 Å². The van der Waals surface area contributed by atoms with Crippen LogP contribution < -0.4 is 4.74 Å². The summed E-state index contributed by atoms with van der Waals surface area (Å²) in [6.07, 6.45) is 6.93. The molecule has 1 fully saturated rings. The fraction of sp³-hybridized carbons (Fsp3) is 0.519. The molecule has 2 aliphatic heterocycles. The number of likely N-dealkylation sites (tertiary alicyclic amines) is 1. The summed E-state index contributed by atoms with van der Waals surface area (Å²) in [6.45, 7) is 6.50. The zero-order valence-electron chi connectivity index (χ0n) is 19.1. The van der Waals surface area contributed by atoms with Crippen molar-refractivity contribution in [3.05, 3.63) is 65.2 Å². The summed E-state index contributed by atoms with van der Waals surface area (Å²) in [5.41, 5.74) is 3.55. The van der Waals surface area contributed by atoms with E-state index in [-0.39, 0.29) is 5.91 Å². The molecular formula is C27H36N2O2. The van der Waals surface area contributed by atoms with E-state index in [0.717, 1.165) is 68.9 Å². The number of fused-ring (bicyclic) bond motifs is 1. The maximum Gasteiger partial charge on any atom is 0.254 e. The Kier molecular flexibility index (Phi) is 6.96. The van der Waals surface area contributed by atoms with Crippen molar-refractivity contribution in [3.63, 3.8) is 0 Å². The Balaban J connectivity index is 1.41. The molecule has 4 rings (SSSR count). The van der Waals surface area contributed by atoms with Crippen molar-refractivity contribution in [1.82, 2.24) is 9.80 Å². The quantitative estimate of drug-likeness (QED) is 0.654. The zero-order chi connectivity index (χ0) is 21.7. The molecule has 1 amide bonds. The lowest BCUT2D eigenvalue weighted by Gasteiger charge is -2.44. The Morgan fingerprint density at radius 1 is 0.935 bits per heavy atom. The van der Waals surface area contributed by atoms with Crippen molar-refractivity contribution < 1.29 is 9.53 Å². The Morgan fingerprint density at radius 2 is 1.68 bits per heavy atom. The van der Waals surface area contributed by atoms with E-state index in [9.17, 15) is 4.79 Å². The zero-order valence-corrected chi connectivity index (χ0v) is 19.1. The Morgan fingerprint density at radius 3 is 2.48 bits per heavy atom. The highest BCUT2D eigenvalue weighted by molar-refractivity contribution is 5.95. The summed E-state index contributed by atoms with van der Waals surface area (Å²) in [4.78, 5) is 17.6. The van der Waals surface area contributed by atoms with E-state index in [1.807, 2.05) is 31.2 Å². The number of aryl methyl sites for hydroxylation is 2. The minimum atomic E-state index is 0.194. The normalized spacial score (nSPS) is 20.3. The van der Waals surface area contributed by atoms with Gasteiger partial charge in [-0.1, -0.05) is 42.8 Å². The molecule has 0 aromatic heterocycles. The highest BCUT2D eigenvalue weighted by Crippen LogP contribution is 2.38. The van der Waals surface area contributed by atoms with E-state index >= 15 is 0 Å². The second kappa shape index (κ2) is 9.86. The first kappa shape index (κ1) is 21.9. The first-order valence-corrected chi connectivity index (χ1v) is 11.8. The maximum absolute atomic E-state index is 13.1. The van der Waals surface area contributed by atoms with Gasteiger partial charge in [0.25, 0.3) is 5.91 Å². The number of nitrogens with zero attached hydrogens (tertiary/aromatic N) is 2. The van der Waals surface area contributed by atoms with Crippen molar-refractivity contribution in [1.29, 1.82) is 0 Å². The van der Waals surface area contributed by atoms with Crippen LogP contribution in [0.5, 0.6) is 5.75 Å². The molecule has 2 aromatic rings. The summed E-state index contributed by atoms with van der Waals surface area (Å²) in [6, 6.07) is 16.4. The van der Waals surface area contributed by atoms with Gasteiger partial charge in [0.15, 0.2) is 0 Å². The molecule has 0 N–H and O–H groups in total. The number of amides is 1. The lowest BCUT2D eigenvalue weighted by atomic mass is 9.73. The smallest absolute Gasteiger partial charge is 0.254 e. The summed E-state index contributed by atoms with van der Waals surface area (Å²) in [7, 11) is 2.22. The van der Waals surface area contributed by atoms with E-state index in [1.54, 1.807) is 0 Å². The van der Waals surface area contributed by atoms with Gasteiger partial charge in [0.05, 0.1) is 0 Å². The summed E-state index contributed by atoms with van der Waals surface area (Å²) in [5, 5.41) is 0. The monoisotopic (exact) mass is 420 g/mol. The molecule has 1 spiro atoms. The predicted octanol–water partition coefficient (Wildman–Crippen LogP) is 4.95. The number of rotatable bonds is 1. The molecule has 0 atom stereocenters. The topological polar surface area (TPSA) is 32.8 Å². The van der Waals surface area contributed by atoms with Gasteiger partial charge < -0.3 is 14.5 Å². The number of hydrogen-bond acceptors (Lipinski definition) is 3. The minimum absolute atomic E-state index is 0.194. The van der Waals surface area contributed by atoms with Crippen molar-refractivity contribution in [3.8, 4) is 5.75 Å².